The Morgan fingerprint density at radius 3 is 2.09 bits per heavy atom. The molecule has 0 saturated carbocycles. The van der Waals surface area contributed by atoms with Crippen molar-refractivity contribution in [2.45, 2.75) is 83.8 Å². The standard InChI is InChI=1S/C17H38O3SSi/c1-5-9-10-11-13-16(18-6-2)17(19-7-3,20-8-4)22-15-12-14-21/h16,21H,5-15,22H2,1-4H3. The number of ether oxygens (including phenoxy) is 3. The third-order valence-corrected chi connectivity index (χ3v) is 6.62. The van der Waals surface area contributed by atoms with E-state index in [9.17, 15) is 0 Å². The molecule has 0 fully saturated rings. The predicted octanol–water partition coefficient (Wildman–Crippen LogP) is 4.00. The van der Waals surface area contributed by atoms with Gasteiger partial charge in [-0.2, -0.15) is 12.6 Å². The van der Waals surface area contributed by atoms with E-state index in [1.165, 1.54) is 31.7 Å². The molecule has 0 rings (SSSR count). The van der Waals surface area contributed by atoms with E-state index in [1.807, 2.05) is 0 Å². The number of rotatable bonds is 16. The second-order valence-corrected chi connectivity index (χ2v) is 8.29. The van der Waals surface area contributed by atoms with Crippen LogP contribution in [0, 0.1) is 0 Å². The van der Waals surface area contributed by atoms with Crippen LogP contribution in [0.15, 0.2) is 0 Å². The third kappa shape index (κ3) is 8.92. The van der Waals surface area contributed by atoms with Gasteiger partial charge in [0.1, 0.15) is 6.10 Å². The van der Waals surface area contributed by atoms with Gasteiger partial charge in [-0.05, 0) is 39.4 Å². The van der Waals surface area contributed by atoms with Crippen LogP contribution in [0.4, 0.5) is 0 Å². The largest absolute Gasteiger partial charge is 0.373 e. The quantitative estimate of drug-likeness (QED) is 0.197. The van der Waals surface area contributed by atoms with Gasteiger partial charge < -0.3 is 14.2 Å². The van der Waals surface area contributed by atoms with Crippen molar-refractivity contribution in [1.29, 1.82) is 0 Å². The van der Waals surface area contributed by atoms with E-state index in [4.69, 9.17) is 14.2 Å². The summed E-state index contributed by atoms with van der Waals surface area (Å²) in [5.41, 5.74) is -0.450. The molecule has 0 radical (unpaired) electrons. The molecule has 1 unspecified atom stereocenters. The maximum absolute atomic E-state index is 6.18. The van der Waals surface area contributed by atoms with Gasteiger partial charge in [-0.25, -0.2) is 0 Å². The number of thiol groups is 1. The van der Waals surface area contributed by atoms with Crippen LogP contribution in [0.2, 0.25) is 6.04 Å². The average Bonchev–Trinajstić information content (AvgIpc) is 2.51. The summed E-state index contributed by atoms with van der Waals surface area (Å²) in [5.74, 6) is 0.942. The summed E-state index contributed by atoms with van der Waals surface area (Å²) in [6.07, 6.45) is 7.30. The van der Waals surface area contributed by atoms with Gasteiger partial charge in [0, 0.05) is 19.8 Å². The molecule has 22 heavy (non-hydrogen) atoms. The van der Waals surface area contributed by atoms with Crippen LogP contribution in [-0.4, -0.2) is 46.6 Å². The maximum Gasteiger partial charge on any atom is 0.170 e. The fourth-order valence-corrected chi connectivity index (χ4v) is 5.87. The topological polar surface area (TPSA) is 27.7 Å². The summed E-state index contributed by atoms with van der Waals surface area (Å²) in [6, 6.07) is 1.20. The smallest absolute Gasteiger partial charge is 0.170 e. The van der Waals surface area contributed by atoms with Gasteiger partial charge in [-0.1, -0.05) is 38.7 Å². The first-order valence-corrected chi connectivity index (χ1v) is 11.5. The first-order valence-electron chi connectivity index (χ1n) is 9.21. The lowest BCUT2D eigenvalue weighted by molar-refractivity contribution is -0.239. The summed E-state index contributed by atoms with van der Waals surface area (Å²) in [5, 5.41) is 0. The minimum atomic E-state index is -0.540. The molecule has 0 aliphatic rings. The summed E-state index contributed by atoms with van der Waals surface area (Å²) in [4.78, 5) is 0. The Balaban J connectivity index is 4.87. The molecule has 0 aliphatic carbocycles. The van der Waals surface area contributed by atoms with Crippen LogP contribution in [0.5, 0.6) is 0 Å². The predicted molar refractivity (Wildman–Crippen MR) is 102 cm³/mol. The fraction of sp³-hybridized carbons (Fsp3) is 1.00. The van der Waals surface area contributed by atoms with Crippen LogP contribution in [0.1, 0.15) is 66.2 Å². The molecule has 1 atom stereocenters. The Kier molecular flexibility index (Phi) is 15.3. The van der Waals surface area contributed by atoms with E-state index in [2.05, 4.69) is 40.3 Å². The lowest BCUT2D eigenvalue weighted by Crippen LogP contribution is -2.54. The molecule has 0 heterocycles. The first kappa shape index (κ1) is 22.4. The summed E-state index contributed by atoms with van der Waals surface area (Å²) in [6.45, 7) is 10.5. The van der Waals surface area contributed by atoms with E-state index in [0.717, 1.165) is 25.2 Å². The van der Waals surface area contributed by atoms with E-state index in [1.54, 1.807) is 0 Å². The molecule has 0 saturated heterocycles. The normalized spacial score (nSPS) is 14.0. The molecule has 0 N–H and O–H groups in total. The van der Waals surface area contributed by atoms with Crippen molar-refractivity contribution in [3.8, 4) is 0 Å². The van der Waals surface area contributed by atoms with Crippen molar-refractivity contribution in [2.75, 3.05) is 25.6 Å². The Labute approximate surface area is 146 Å². The van der Waals surface area contributed by atoms with Gasteiger partial charge in [0.15, 0.2) is 5.41 Å². The number of hydrogen-bond acceptors (Lipinski definition) is 4. The maximum atomic E-state index is 6.18. The molecule has 0 amide bonds. The Hall–Kier alpha value is 0.447. The molecule has 0 aromatic rings. The van der Waals surface area contributed by atoms with Gasteiger partial charge in [0.05, 0.1) is 9.52 Å². The van der Waals surface area contributed by atoms with Crippen LogP contribution in [-0.2, 0) is 14.2 Å². The Morgan fingerprint density at radius 1 is 0.909 bits per heavy atom. The molecule has 134 valence electrons. The fourth-order valence-electron chi connectivity index (χ4n) is 2.89. The summed E-state index contributed by atoms with van der Waals surface area (Å²) in [7, 11) is -0.540. The van der Waals surface area contributed by atoms with Gasteiger partial charge >= 0.3 is 0 Å². The average molecular weight is 351 g/mol. The highest BCUT2D eigenvalue weighted by molar-refractivity contribution is 7.80. The highest BCUT2D eigenvalue weighted by atomic mass is 32.1. The molecular weight excluding hydrogens is 312 g/mol. The number of hydrogen-bond donors (Lipinski definition) is 1. The van der Waals surface area contributed by atoms with E-state index in [-0.39, 0.29) is 6.10 Å². The Bertz CT molecular complexity index is 236. The first-order chi connectivity index (χ1) is 10.7. The van der Waals surface area contributed by atoms with Crippen LogP contribution in [0.25, 0.3) is 0 Å². The molecule has 0 spiro atoms. The molecule has 5 heteroatoms. The number of unbranched alkanes of at least 4 members (excludes halogenated alkanes) is 3. The van der Waals surface area contributed by atoms with E-state index < -0.39 is 14.9 Å². The monoisotopic (exact) mass is 350 g/mol. The van der Waals surface area contributed by atoms with Crippen molar-refractivity contribution in [3.05, 3.63) is 0 Å². The lowest BCUT2D eigenvalue weighted by atomic mass is 10.1. The highest BCUT2D eigenvalue weighted by Gasteiger charge is 2.40. The minimum Gasteiger partial charge on any atom is -0.373 e. The van der Waals surface area contributed by atoms with Crippen molar-refractivity contribution in [1.82, 2.24) is 0 Å². The Morgan fingerprint density at radius 2 is 1.59 bits per heavy atom. The molecule has 0 aromatic carbocycles. The lowest BCUT2D eigenvalue weighted by Gasteiger charge is -2.40. The van der Waals surface area contributed by atoms with E-state index in [0.29, 0.717) is 13.2 Å². The molecule has 0 bridgehead atoms. The zero-order valence-corrected chi connectivity index (χ0v) is 17.5. The van der Waals surface area contributed by atoms with E-state index >= 15 is 0 Å². The highest BCUT2D eigenvalue weighted by Crippen LogP contribution is 2.26. The van der Waals surface area contributed by atoms with Gasteiger partial charge in [-0.15, -0.1) is 0 Å². The van der Waals surface area contributed by atoms with Crippen molar-refractivity contribution >= 4 is 22.1 Å². The molecular formula is C17H38O3SSi. The molecule has 3 nitrogen and oxygen atoms in total. The zero-order chi connectivity index (χ0) is 16.7. The summed E-state index contributed by atoms with van der Waals surface area (Å²) < 4.78 is 18.4. The van der Waals surface area contributed by atoms with Crippen molar-refractivity contribution < 1.29 is 14.2 Å². The zero-order valence-electron chi connectivity index (χ0n) is 15.2. The second-order valence-electron chi connectivity index (χ2n) is 5.65. The van der Waals surface area contributed by atoms with Gasteiger partial charge in [0.2, 0.25) is 0 Å². The molecule has 0 aromatic heterocycles. The van der Waals surface area contributed by atoms with Gasteiger partial charge in [-0.3, -0.25) is 0 Å². The van der Waals surface area contributed by atoms with Crippen molar-refractivity contribution in [3.63, 3.8) is 0 Å². The second kappa shape index (κ2) is 15.0. The summed E-state index contributed by atoms with van der Waals surface area (Å²) >= 11 is 4.34. The minimum absolute atomic E-state index is 0.0841. The SMILES string of the molecule is CCCCCCC(OCC)C(OCC)(OCC)[SiH2]CCCS. The van der Waals surface area contributed by atoms with Crippen LogP contribution >= 0.6 is 12.6 Å². The van der Waals surface area contributed by atoms with Gasteiger partial charge in [0.25, 0.3) is 0 Å². The molecule has 0 aliphatic heterocycles. The van der Waals surface area contributed by atoms with Crippen molar-refractivity contribution in [2.24, 2.45) is 0 Å². The third-order valence-electron chi connectivity index (χ3n) is 3.89. The van der Waals surface area contributed by atoms with Crippen LogP contribution in [0.3, 0.4) is 0 Å². The van der Waals surface area contributed by atoms with Crippen LogP contribution < -0.4 is 0 Å².